The molecule has 0 bridgehead atoms. The lowest BCUT2D eigenvalue weighted by atomic mass is 10.2. The van der Waals surface area contributed by atoms with Crippen LogP contribution in [-0.2, 0) is 13.0 Å². The summed E-state index contributed by atoms with van der Waals surface area (Å²) in [4.78, 5) is 33.2. The fourth-order valence-electron chi connectivity index (χ4n) is 2.15. The molecule has 1 aliphatic heterocycles. The van der Waals surface area contributed by atoms with Crippen molar-refractivity contribution >= 4 is 28.7 Å². The van der Waals surface area contributed by atoms with Gasteiger partial charge in [0.15, 0.2) is 11.4 Å². The Kier molecular flexibility index (Phi) is 3.37. The summed E-state index contributed by atoms with van der Waals surface area (Å²) in [6.07, 6.45) is 1.59. The van der Waals surface area contributed by atoms with Crippen LogP contribution in [0.1, 0.15) is 31.5 Å². The summed E-state index contributed by atoms with van der Waals surface area (Å²) in [5.74, 6) is -0.280. The number of amides is 1. The Morgan fingerprint density at radius 3 is 3.15 bits per heavy atom. The predicted molar refractivity (Wildman–Crippen MR) is 76.3 cm³/mol. The molecule has 0 fully saturated rings. The summed E-state index contributed by atoms with van der Waals surface area (Å²) < 4.78 is 0. The van der Waals surface area contributed by atoms with Crippen molar-refractivity contribution in [2.75, 3.05) is 18.9 Å². The molecule has 3 heterocycles. The largest absolute Gasteiger partial charge is 0.348 e. The SMILES string of the molecule is CN1CCc2nc(NC(=O)c3ccc(C=O)[nH]3)sc2C1. The highest BCUT2D eigenvalue weighted by molar-refractivity contribution is 7.15. The van der Waals surface area contributed by atoms with Gasteiger partial charge in [0.2, 0.25) is 0 Å². The molecule has 6 nitrogen and oxygen atoms in total. The minimum absolute atomic E-state index is 0.280. The number of nitrogens with one attached hydrogen (secondary N) is 2. The summed E-state index contributed by atoms with van der Waals surface area (Å²) in [7, 11) is 2.07. The topological polar surface area (TPSA) is 78.1 Å². The average Bonchev–Trinajstić information content (AvgIpc) is 3.03. The van der Waals surface area contributed by atoms with E-state index in [0.717, 1.165) is 25.2 Å². The predicted octanol–water partition coefficient (Wildman–Crippen LogP) is 1.52. The Hall–Kier alpha value is -1.99. The first-order valence-corrected chi connectivity index (χ1v) is 7.10. The van der Waals surface area contributed by atoms with E-state index >= 15 is 0 Å². The number of carbonyl (C=O) groups excluding carboxylic acids is 2. The van der Waals surface area contributed by atoms with Crippen molar-refractivity contribution in [2.45, 2.75) is 13.0 Å². The number of aldehydes is 1. The molecule has 3 rings (SSSR count). The number of nitrogens with zero attached hydrogens (tertiary/aromatic N) is 2. The molecule has 0 unspecified atom stereocenters. The maximum absolute atomic E-state index is 12.0. The maximum atomic E-state index is 12.0. The van der Waals surface area contributed by atoms with Crippen LogP contribution in [0.4, 0.5) is 5.13 Å². The van der Waals surface area contributed by atoms with Crippen molar-refractivity contribution in [3.63, 3.8) is 0 Å². The number of anilines is 1. The monoisotopic (exact) mass is 290 g/mol. The third kappa shape index (κ3) is 2.50. The zero-order chi connectivity index (χ0) is 14.1. The second-order valence-corrected chi connectivity index (χ2v) is 5.86. The maximum Gasteiger partial charge on any atom is 0.273 e. The molecule has 20 heavy (non-hydrogen) atoms. The van der Waals surface area contributed by atoms with E-state index in [1.54, 1.807) is 12.1 Å². The Bertz CT molecular complexity index is 661. The molecule has 0 radical (unpaired) electrons. The van der Waals surface area contributed by atoms with E-state index in [1.165, 1.54) is 16.2 Å². The van der Waals surface area contributed by atoms with Gasteiger partial charge < -0.3 is 9.88 Å². The van der Waals surface area contributed by atoms with Gasteiger partial charge in [-0.05, 0) is 19.2 Å². The molecule has 104 valence electrons. The number of thiazole rings is 1. The molecule has 0 spiro atoms. The van der Waals surface area contributed by atoms with Gasteiger partial charge in [0.05, 0.1) is 11.4 Å². The second kappa shape index (κ2) is 5.18. The van der Waals surface area contributed by atoms with Gasteiger partial charge in [0.25, 0.3) is 5.91 Å². The van der Waals surface area contributed by atoms with E-state index in [-0.39, 0.29) is 5.91 Å². The third-order valence-electron chi connectivity index (χ3n) is 3.22. The molecular weight excluding hydrogens is 276 g/mol. The molecule has 7 heteroatoms. The molecule has 0 atom stereocenters. The first-order valence-electron chi connectivity index (χ1n) is 6.28. The number of fused-ring (bicyclic) bond motifs is 1. The van der Waals surface area contributed by atoms with Crippen LogP contribution in [0.25, 0.3) is 0 Å². The highest BCUT2D eigenvalue weighted by Gasteiger charge is 2.19. The van der Waals surface area contributed by atoms with E-state index in [2.05, 4.69) is 27.2 Å². The van der Waals surface area contributed by atoms with Crippen LogP contribution < -0.4 is 5.32 Å². The Labute approximate surface area is 119 Å². The molecule has 0 aliphatic carbocycles. The number of aromatic nitrogens is 2. The van der Waals surface area contributed by atoms with Crippen molar-refractivity contribution in [1.82, 2.24) is 14.9 Å². The average molecular weight is 290 g/mol. The molecule has 0 aromatic carbocycles. The van der Waals surface area contributed by atoms with Crippen molar-refractivity contribution in [3.8, 4) is 0 Å². The lowest BCUT2D eigenvalue weighted by molar-refractivity contribution is 0.102. The van der Waals surface area contributed by atoms with Gasteiger partial charge in [0, 0.05) is 24.4 Å². The van der Waals surface area contributed by atoms with Crippen LogP contribution in [-0.4, -0.2) is 40.7 Å². The summed E-state index contributed by atoms with van der Waals surface area (Å²) in [5, 5.41) is 3.38. The van der Waals surface area contributed by atoms with Gasteiger partial charge in [-0.2, -0.15) is 0 Å². The minimum Gasteiger partial charge on any atom is -0.348 e. The van der Waals surface area contributed by atoms with Gasteiger partial charge >= 0.3 is 0 Å². The zero-order valence-corrected chi connectivity index (χ0v) is 11.8. The van der Waals surface area contributed by atoms with Crippen LogP contribution >= 0.6 is 11.3 Å². The lowest BCUT2D eigenvalue weighted by Gasteiger charge is -2.20. The highest BCUT2D eigenvalue weighted by atomic mass is 32.1. The smallest absolute Gasteiger partial charge is 0.273 e. The summed E-state index contributed by atoms with van der Waals surface area (Å²) >= 11 is 1.51. The standard InChI is InChI=1S/C13H14N4O2S/c1-17-5-4-9-11(6-17)20-13(15-9)16-12(19)10-3-2-8(7-18)14-10/h2-3,7,14H,4-6H2,1H3,(H,15,16,19). The van der Waals surface area contributed by atoms with Gasteiger partial charge in [-0.25, -0.2) is 4.98 Å². The number of aromatic amines is 1. The van der Waals surface area contributed by atoms with Gasteiger partial charge in [-0.15, -0.1) is 11.3 Å². The number of rotatable bonds is 3. The normalized spacial score (nSPS) is 14.8. The van der Waals surface area contributed by atoms with Crippen molar-refractivity contribution in [1.29, 1.82) is 0 Å². The number of likely N-dealkylation sites (N-methyl/N-ethyl adjacent to an activating group) is 1. The number of H-pyrrole nitrogens is 1. The van der Waals surface area contributed by atoms with Crippen LogP contribution in [0.5, 0.6) is 0 Å². The lowest BCUT2D eigenvalue weighted by Crippen LogP contribution is -2.25. The number of hydrogen-bond donors (Lipinski definition) is 2. The van der Waals surface area contributed by atoms with Crippen molar-refractivity contribution < 1.29 is 9.59 Å². The minimum atomic E-state index is -0.280. The number of hydrogen-bond acceptors (Lipinski definition) is 5. The van der Waals surface area contributed by atoms with Gasteiger partial charge in [-0.1, -0.05) is 0 Å². The van der Waals surface area contributed by atoms with Gasteiger partial charge in [0.1, 0.15) is 5.69 Å². The summed E-state index contributed by atoms with van der Waals surface area (Å²) in [5.41, 5.74) is 1.82. The van der Waals surface area contributed by atoms with E-state index < -0.39 is 0 Å². The molecule has 1 amide bonds. The van der Waals surface area contributed by atoms with Crippen molar-refractivity contribution in [3.05, 3.63) is 34.1 Å². The fourth-order valence-corrected chi connectivity index (χ4v) is 3.24. The summed E-state index contributed by atoms with van der Waals surface area (Å²) in [6, 6.07) is 3.16. The molecule has 2 N–H and O–H groups in total. The van der Waals surface area contributed by atoms with Crippen LogP contribution in [0.3, 0.4) is 0 Å². The van der Waals surface area contributed by atoms with Crippen LogP contribution in [0.15, 0.2) is 12.1 Å². The number of carbonyl (C=O) groups is 2. The molecule has 0 saturated heterocycles. The Morgan fingerprint density at radius 1 is 1.55 bits per heavy atom. The molecule has 2 aromatic heterocycles. The summed E-state index contributed by atoms with van der Waals surface area (Å²) in [6.45, 7) is 1.87. The third-order valence-corrected chi connectivity index (χ3v) is 4.22. The van der Waals surface area contributed by atoms with E-state index in [0.29, 0.717) is 22.8 Å². The molecule has 1 aliphatic rings. The first kappa shape index (κ1) is 13.0. The van der Waals surface area contributed by atoms with E-state index in [4.69, 9.17) is 0 Å². The Balaban J connectivity index is 1.74. The molecule has 2 aromatic rings. The quantitative estimate of drug-likeness (QED) is 0.840. The van der Waals surface area contributed by atoms with Crippen molar-refractivity contribution in [2.24, 2.45) is 0 Å². The fraction of sp³-hybridized carbons (Fsp3) is 0.308. The molecular formula is C13H14N4O2S. The van der Waals surface area contributed by atoms with E-state index in [9.17, 15) is 9.59 Å². The Morgan fingerprint density at radius 2 is 2.40 bits per heavy atom. The van der Waals surface area contributed by atoms with Crippen LogP contribution in [0, 0.1) is 0 Å². The first-order chi connectivity index (χ1) is 9.65. The second-order valence-electron chi connectivity index (χ2n) is 4.78. The van der Waals surface area contributed by atoms with E-state index in [1.807, 2.05) is 0 Å². The van der Waals surface area contributed by atoms with Crippen LogP contribution in [0.2, 0.25) is 0 Å². The zero-order valence-electron chi connectivity index (χ0n) is 11.0. The molecule has 0 saturated carbocycles. The highest BCUT2D eigenvalue weighted by Crippen LogP contribution is 2.27. The van der Waals surface area contributed by atoms with Gasteiger partial charge in [-0.3, -0.25) is 14.9 Å².